The average molecular weight is 512 g/mol. The van der Waals surface area contributed by atoms with Crippen molar-refractivity contribution in [3.05, 3.63) is 87.7 Å². The van der Waals surface area contributed by atoms with Gasteiger partial charge in [0.2, 0.25) is 0 Å². The van der Waals surface area contributed by atoms with Gasteiger partial charge in [0.1, 0.15) is 17.2 Å². The fraction of sp³-hybridized carbons (Fsp3) is 0.321. The lowest BCUT2D eigenvalue weighted by atomic mass is 9.89. The van der Waals surface area contributed by atoms with E-state index in [9.17, 15) is 8.78 Å². The molecule has 0 atom stereocenters. The summed E-state index contributed by atoms with van der Waals surface area (Å²) in [6, 6.07) is 13.5. The fourth-order valence-corrected chi connectivity index (χ4v) is 5.30. The van der Waals surface area contributed by atoms with Crippen LogP contribution in [0.4, 0.5) is 24.5 Å². The van der Waals surface area contributed by atoms with E-state index >= 15 is 4.39 Å². The predicted molar refractivity (Wildman–Crippen MR) is 134 cm³/mol. The Bertz CT molecular complexity index is 1300. The molecule has 186 valence electrons. The second-order valence-corrected chi connectivity index (χ2v) is 9.95. The van der Waals surface area contributed by atoms with Crippen LogP contribution < -0.4 is 15.4 Å². The first-order valence-electron chi connectivity index (χ1n) is 12.0. The minimum atomic E-state index is -1.19. The van der Waals surface area contributed by atoms with Crippen LogP contribution in [0.3, 0.4) is 0 Å². The maximum atomic E-state index is 15.0. The highest BCUT2D eigenvalue weighted by atomic mass is 35.5. The van der Waals surface area contributed by atoms with Crippen LogP contribution in [0.5, 0.6) is 5.75 Å². The number of ether oxygens (including phenoxy) is 1. The van der Waals surface area contributed by atoms with Gasteiger partial charge in [-0.05, 0) is 54.7 Å². The Morgan fingerprint density at radius 1 is 0.917 bits per heavy atom. The third kappa shape index (κ3) is 4.83. The number of benzene rings is 3. The molecule has 0 aromatic heterocycles. The molecule has 2 N–H and O–H groups in total. The van der Waals surface area contributed by atoms with Gasteiger partial charge in [-0.25, -0.2) is 13.2 Å². The summed E-state index contributed by atoms with van der Waals surface area (Å²) in [6.45, 7) is 0.519. The molecule has 0 bridgehead atoms. The Balaban J connectivity index is 1.56. The van der Waals surface area contributed by atoms with Crippen LogP contribution in [0.15, 0.2) is 48.5 Å². The number of nitrogens with one attached hydrogen (secondary N) is 2. The van der Waals surface area contributed by atoms with Crippen molar-refractivity contribution in [2.45, 2.75) is 44.2 Å². The van der Waals surface area contributed by atoms with Crippen LogP contribution in [0.1, 0.15) is 48.8 Å². The molecule has 1 fully saturated rings. The van der Waals surface area contributed by atoms with E-state index < -0.39 is 23.1 Å². The SMILES string of the molecule is N#Cc1ccc(CC2(c3ccc(Cl)cc3OCC3CCCCC3)Nc3cc(F)c(F)cc3N2)c(F)c1. The summed E-state index contributed by atoms with van der Waals surface area (Å²) in [5.41, 5.74) is 0.643. The normalized spacial score (nSPS) is 16.5. The van der Waals surface area contributed by atoms with Crippen molar-refractivity contribution < 1.29 is 17.9 Å². The second-order valence-electron chi connectivity index (χ2n) is 9.52. The number of halogens is 4. The van der Waals surface area contributed by atoms with E-state index in [4.69, 9.17) is 21.6 Å². The van der Waals surface area contributed by atoms with Crippen molar-refractivity contribution in [1.82, 2.24) is 0 Å². The smallest absolute Gasteiger partial charge is 0.161 e. The zero-order valence-electron chi connectivity index (χ0n) is 19.5. The summed E-state index contributed by atoms with van der Waals surface area (Å²) in [7, 11) is 0. The number of rotatable bonds is 6. The van der Waals surface area contributed by atoms with E-state index in [-0.39, 0.29) is 12.0 Å². The molecule has 3 aromatic carbocycles. The minimum Gasteiger partial charge on any atom is -0.493 e. The molecular weight excluding hydrogens is 487 g/mol. The van der Waals surface area contributed by atoms with Crippen LogP contribution in [0, 0.1) is 34.7 Å². The topological polar surface area (TPSA) is 57.1 Å². The first-order chi connectivity index (χ1) is 17.4. The van der Waals surface area contributed by atoms with Gasteiger partial charge in [0.25, 0.3) is 0 Å². The molecule has 5 rings (SSSR count). The van der Waals surface area contributed by atoms with Gasteiger partial charge >= 0.3 is 0 Å². The molecule has 0 radical (unpaired) electrons. The Hall–Kier alpha value is -3.37. The molecule has 0 saturated heterocycles. The first-order valence-corrected chi connectivity index (χ1v) is 12.4. The molecule has 0 spiro atoms. The lowest BCUT2D eigenvalue weighted by Gasteiger charge is -2.34. The standard InChI is InChI=1S/C28H25ClF3N3O/c29-20-8-9-21(27(11-20)36-16-17-4-2-1-3-5-17)28(14-19-7-6-18(15-33)10-22(19)30)34-25-12-23(31)24(32)13-26(25)35-28/h6-13,17,34-35H,1-5,14,16H2. The number of anilines is 2. The van der Waals surface area contributed by atoms with Crippen molar-refractivity contribution in [2.75, 3.05) is 17.2 Å². The first kappa shape index (κ1) is 24.3. The molecule has 4 nitrogen and oxygen atoms in total. The maximum absolute atomic E-state index is 15.0. The quantitative estimate of drug-likeness (QED) is 0.359. The number of hydrogen-bond donors (Lipinski definition) is 2. The second kappa shape index (κ2) is 9.94. The lowest BCUT2D eigenvalue weighted by molar-refractivity contribution is 0.205. The van der Waals surface area contributed by atoms with E-state index in [1.807, 2.05) is 6.07 Å². The van der Waals surface area contributed by atoms with Crippen molar-refractivity contribution >= 4 is 23.0 Å². The van der Waals surface area contributed by atoms with Gasteiger partial charge in [0.05, 0.1) is 29.6 Å². The van der Waals surface area contributed by atoms with E-state index in [0.717, 1.165) is 25.0 Å². The van der Waals surface area contributed by atoms with E-state index in [2.05, 4.69) is 10.6 Å². The van der Waals surface area contributed by atoms with Gasteiger partial charge in [0.15, 0.2) is 11.6 Å². The third-order valence-corrected chi connectivity index (χ3v) is 7.23. The fourth-order valence-electron chi connectivity index (χ4n) is 5.14. The predicted octanol–water partition coefficient (Wildman–Crippen LogP) is 7.52. The number of nitriles is 1. The Labute approximate surface area is 213 Å². The monoisotopic (exact) mass is 511 g/mol. The van der Waals surface area contributed by atoms with Gasteiger partial charge in [-0.3, -0.25) is 0 Å². The number of fused-ring (bicyclic) bond motifs is 1. The molecule has 0 amide bonds. The van der Waals surface area contributed by atoms with E-state index in [1.165, 1.54) is 31.4 Å². The summed E-state index contributed by atoms with van der Waals surface area (Å²) < 4.78 is 49.5. The third-order valence-electron chi connectivity index (χ3n) is 7.00. The van der Waals surface area contributed by atoms with Crippen LogP contribution >= 0.6 is 11.6 Å². The van der Waals surface area contributed by atoms with Crippen LogP contribution in [0.25, 0.3) is 0 Å². The van der Waals surface area contributed by atoms with Gasteiger partial charge in [-0.1, -0.05) is 36.9 Å². The molecule has 1 heterocycles. The van der Waals surface area contributed by atoms with Crippen molar-refractivity contribution in [1.29, 1.82) is 5.26 Å². The highest BCUT2D eigenvalue weighted by molar-refractivity contribution is 6.30. The largest absolute Gasteiger partial charge is 0.493 e. The maximum Gasteiger partial charge on any atom is 0.161 e. The Morgan fingerprint density at radius 3 is 2.25 bits per heavy atom. The minimum absolute atomic E-state index is 0.0594. The van der Waals surface area contributed by atoms with Gasteiger partial charge in [-0.15, -0.1) is 0 Å². The van der Waals surface area contributed by atoms with Crippen LogP contribution in [-0.2, 0) is 12.1 Å². The van der Waals surface area contributed by atoms with Gasteiger partial charge < -0.3 is 15.4 Å². The van der Waals surface area contributed by atoms with E-state index in [0.29, 0.717) is 45.8 Å². The summed E-state index contributed by atoms with van der Waals surface area (Å²) in [6.07, 6.45) is 5.83. The molecule has 0 unspecified atom stereocenters. The summed E-state index contributed by atoms with van der Waals surface area (Å²) in [5, 5.41) is 16.1. The van der Waals surface area contributed by atoms with Crippen molar-refractivity contribution in [3.8, 4) is 11.8 Å². The number of hydrogen-bond acceptors (Lipinski definition) is 4. The highest BCUT2D eigenvalue weighted by Crippen LogP contribution is 2.46. The molecule has 36 heavy (non-hydrogen) atoms. The zero-order chi connectivity index (χ0) is 25.3. The lowest BCUT2D eigenvalue weighted by Crippen LogP contribution is -2.41. The van der Waals surface area contributed by atoms with Crippen molar-refractivity contribution in [2.24, 2.45) is 5.92 Å². The molecular formula is C28H25ClF3N3O. The molecule has 8 heteroatoms. The summed E-state index contributed by atoms with van der Waals surface area (Å²) in [5.74, 6) is -1.59. The summed E-state index contributed by atoms with van der Waals surface area (Å²) >= 11 is 6.33. The van der Waals surface area contributed by atoms with Crippen molar-refractivity contribution in [3.63, 3.8) is 0 Å². The van der Waals surface area contributed by atoms with Crippen LogP contribution in [0.2, 0.25) is 5.02 Å². The Kier molecular flexibility index (Phi) is 6.72. The van der Waals surface area contributed by atoms with Gasteiger partial charge in [-0.2, -0.15) is 5.26 Å². The molecule has 1 saturated carbocycles. The molecule has 1 aliphatic carbocycles. The average Bonchev–Trinajstić information content (AvgIpc) is 3.22. The van der Waals surface area contributed by atoms with Crippen LogP contribution in [-0.4, -0.2) is 6.61 Å². The molecule has 1 aliphatic heterocycles. The zero-order valence-corrected chi connectivity index (χ0v) is 20.3. The number of nitrogens with zero attached hydrogens (tertiary/aromatic N) is 1. The Morgan fingerprint density at radius 2 is 1.61 bits per heavy atom. The van der Waals surface area contributed by atoms with E-state index in [1.54, 1.807) is 24.3 Å². The van der Waals surface area contributed by atoms with Gasteiger partial charge in [0, 0.05) is 29.1 Å². The summed E-state index contributed by atoms with van der Waals surface area (Å²) in [4.78, 5) is 0. The molecule has 3 aromatic rings. The molecule has 2 aliphatic rings. The highest BCUT2D eigenvalue weighted by Gasteiger charge is 2.42.